The molecule has 8 unspecified atom stereocenters. The fraction of sp³-hybridized carbons (Fsp3) is 0.524. The minimum absolute atomic E-state index is 0.0659. The third-order valence-corrected chi connectivity index (χ3v) is 12.6. The number of nitrogens with one attached hydrogen (secondary N) is 1. The van der Waals surface area contributed by atoms with Crippen molar-refractivity contribution in [2.24, 2.45) is 16.7 Å². The van der Waals surface area contributed by atoms with Crippen LogP contribution in [0, 0.1) is 16.7 Å². The maximum atomic E-state index is 13.3. The fourth-order valence-corrected chi connectivity index (χ4v) is 10.6. The van der Waals surface area contributed by atoms with Gasteiger partial charge in [-0.3, -0.25) is 4.79 Å². The molecule has 8 N–H and O–H groups in total. The first-order valence-electron chi connectivity index (χ1n) is 19.3. The Labute approximate surface area is 321 Å². The summed E-state index contributed by atoms with van der Waals surface area (Å²) >= 11 is 0. The molecule has 0 amide bonds. The van der Waals surface area contributed by atoms with Crippen LogP contribution in [0.4, 0.5) is 5.82 Å². The van der Waals surface area contributed by atoms with Crippen LogP contribution in [0.25, 0.3) is 0 Å². The number of piperidine rings is 1. The van der Waals surface area contributed by atoms with E-state index in [2.05, 4.69) is 17.2 Å². The number of carboxylic acids is 1. The van der Waals surface area contributed by atoms with Crippen molar-refractivity contribution in [1.82, 2.24) is 10.3 Å². The quantitative estimate of drug-likeness (QED) is 0.0919. The minimum Gasteiger partial charge on any atom is -0.504 e. The maximum Gasteiger partial charge on any atom is 0.311 e. The minimum atomic E-state index is -0.883. The molecule has 3 aromatic rings. The molecule has 2 aliphatic carbocycles. The number of anilines is 1. The maximum absolute atomic E-state index is 13.3. The predicted octanol–water partition coefficient (Wildman–Crippen LogP) is 5.36. The first-order chi connectivity index (χ1) is 26.5. The van der Waals surface area contributed by atoms with Gasteiger partial charge < -0.3 is 55.5 Å². The summed E-state index contributed by atoms with van der Waals surface area (Å²) in [5.41, 5.74) is 7.56. The number of nitrogens with zero attached hydrogens (tertiary/aromatic N) is 1. The second-order valence-corrected chi connectivity index (χ2v) is 15.8. The number of benzene rings is 2. The Morgan fingerprint density at radius 3 is 2.53 bits per heavy atom. The summed E-state index contributed by atoms with van der Waals surface area (Å²) in [5.74, 6) is -1.27. The number of hydrogen-bond donors (Lipinski definition) is 7. The van der Waals surface area contributed by atoms with E-state index < -0.39 is 42.3 Å². The lowest BCUT2D eigenvalue weighted by Gasteiger charge is -2.61. The topological polar surface area (TPSA) is 206 Å². The number of ether oxygens (including phenoxy) is 4. The zero-order chi connectivity index (χ0) is 38.9. The Balaban J connectivity index is 1.17. The van der Waals surface area contributed by atoms with Gasteiger partial charge in [0.1, 0.15) is 12.4 Å². The van der Waals surface area contributed by atoms with Gasteiger partial charge >= 0.3 is 5.97 Å². The Morgan fingerprint density at radius 1 is 1.02 bits per heavy atom. The van der Waals surface area contributed by atoms with Crippen LogP contribution in [0.2, 0.25) is 0 Å². The molecule has 0 bridgehead atoms. The number of nitrogens with two attached hydrogens (primary N) is 1. The van der Waals surface area contributed by atoms with Crippen LogP contribution in [0.3, 0.4) is 0 Å². The van der Waals surface area contributed by atoms with E-state index in [1.807, 2.05) is 24.3 Å². The highest BCUT2D eigenvalue weighted by atomic mass is 16.6. The van der Waals surface area contributed by atoms with E-state index in [-0.39, 0.29) is 58.8 Å². The SMILES string of the molecule is COc1cc(C2CC(O)CC(CCc3ccc(O)c(OCO)c3)O2)cc(OCC2NC(C)CC3(CCCC3)C23C(C(=O)O)C=CC3c2ccnc(N)c2)c1O. The number of aromatic hydroxyl groups is 2. The molecule has 2 aromatic carbocycles. The smallest absolute Gasteiger partial charge is 0.311 e. The third-order valence-electron chi connectivity index (χ3n) is 12.6. The molecule has 3 fully saturated rings. The molecule has 55 heavy (non-hydrogen) atoms. The molecular weight excluding hydrogens is 706 g/mol. The summed E-state index contributed by atoms with van der Waals surface area (Å²) in [4.78, 5) is 17.5. The van der Waals surface area contributed by atoms with Gasteiger partial charge in [-0.05, 0) is 104 Å². The number of carbonyl (C=O) groups is 1. The first-order valence-corrected chi connectivity index (χ1v) is 19.3. The summed E-state index contributed by atoms with van der Waals surface area (Å²) in [6.45, 7) is 1.66. The number of carboxylic acid groups (broad SMARTS) is 1. The van der Waals surface area contributed by atoms with Crippen molar-refractivity contribution in [2.45, 2.75) is 101 Å². The van der Waals surface area contributed by atoms with E-state index in [4.69, 9.17) is 29.8 Å². The highest BCUT2D eigenvalue weighted by molar-refractivity contribution is 5.76. The highest BCUT2D eigenvalue weighted by Gasteiger charge is 2.68. The van der Waals surface area contributed by atoms with Gasteiger partial charge in [0.25, 0.3) is 0 Å². The molecular formula is C42H53N3O10. The zero-order valence-corrected chi connectivity index (χ0v) is 31.4. The van der Waals surface area contributed by atoms with Gasteiger partial charge in [-0.1, -0.05) is 31.1 Å². The van der Waals surface area contributed by atoms with E-state index in [1.165, 1.54) is 13.2 Å². The first kappa shape index (κ1) is 38.7. The van der Waals surface area contributed by atoms with E-state index in [9.17, 15) is 25.2 Å². The van der Waals surface area contributed by atoms with Gasteiger partial charge in [0.15, 0.2) is 29.8 Å². The van der Waals surface area contributed by atoms with Crippen LogP contribution in [-0.2, 0) is 16.0 Å². The zero-order valence-electron chi connectivity index (χ0n) is 31.4. The Morgan fingerprint density at radius 2 is 1.80 bits per heavy atom. The lowest BCUT2D eigenvalue weighted by molar-refractivity contribution is -0.158. The molecule has 1 saturated carbocycles. The third kappa shape index (κ3) is 7.30. The van der Waals surface area contributed by atoms with E-state index >= 15 is 0 Å². The monoisotopic (exact) mass is 759 g/mol. The van der Waals surface area contributed by atoms with Gasteiger partial charge in [0, 0.05) is 36.0 Å². The van der Waals surface area contributed by atoms with Crippen molar-refractivity contribution in [3.05, 3.63) is 77.5 Å². The number of phenols is 2. The number of methoxy groups -OCH3 is 1. The van der Waals surface area contributed by atoms with Gasteiger partial charge in [-0.25, -0.2) is 4.98 Å². The van der Waals surface area contributed by atoms with Crippen LogP contribution >= 0.6 is 0 Å². The largest absolute Gasteiger partial charge is 0.504 e. The highest BCUT2D eigenvalue weighted by Crippen LogP contribution is 2.69. The van der Waals surface area contributed by atoms with Gasteiger partial charge in [0.2, 0.25) is 5.75 Å². The van der Waals surface area contributed by atoms with Crippen LogP contribution < -0.4 is 25.3 Å². The van der Waals surface area contributed by atoms with Crippen molar-refractivity contribution in [3.63, 3.8) is 0 Å². The summed E-state index contributed by atoms with van der Waals surface area (Å²) in [6, 6.07) is 11.8. The molecule has 13 heteroatoms. The number of aromatic nitrogens is 1. The summed E-state index contributed by atoms with van der Waals surface area (Å²) in [5, 5.41) is 56.2. The van der Waals surface area contributed by atoms with Crippen molar-refractivity contribution in [2.75, 3.05) is 26.2 Å². The summed E-state index contributed by atoms with van der Waals surface area (Å²) in [7, 11) is 1.46. The van der Waals surface area contributed by atoms with Gasteiger partial charge in [0.05, 0.1) is 31.3 Å². The number of aryl methyl sites for hydroxylation is 1. The Hall–Kier alpha value is -4.56. The molecule has 2 saturated heterocycles. The number of allylic oxidation sites excluding steroid dienone is 1. The molecule has 0 radical (unpaired) electrons. The number of pyridine rings is 1. The van der Waals surface area contributed by atoms with Crippen LogP contribution in [0.5, 0.6) is 28.7 Å². The van der Waals surface area contributed by atoms with E-state index in [0.29, 0.717) is 37.1 Å². The standard InChI is InChI=1S/C42H53N3O10/c1-24-21-41(12-3-4-13-41)42(30(8-9-31(42)40(50)51)26-11-14-44-38(43)18-26)37(45-24)22-53-36-17-27(16-35(52-2)39(36)49)33-20-28(47)19-29(55-33)7-5-25-6-10-32(48)34(15-25)54-23-46/h6,8-11,14-18,24,28-31,33,37,45-49H,3-5,7,12-13,19-23H2,1-2H3,(H2,43,44)(H,50,51). The summed E-state index contributed by atoms with van der Waals surface area (Å²) in [6.07, 6.45) is 10.7. The van der Waals surface area contributed by atoms with Crippen molar-refractivity contribution in [1.29, 1.82) is 0 Å². The van der Waals surface area contributed by atoms with Crippen LogP contribution in [0.15, 0.2) is 60.8 Å². The number of aliphatic carboxylic acids is 1. The predicted molar refractivity (Wildman–Crippen MR) is 203 cm³/mol. The number of rotatable bonds is 12. The van der Waals surface area contributed by atoms with E-state index in [0.717, 1.165) is 43.2 Å². The lowest BCUT2D eigenvalue weighted by atomic mass is 9.46. The normalized spacial score (nSPS) is 29.8. The van der Waals surface area contributed by atoms with Crippen molar-refractivity contribution >= 4 is 11.8 Å². The van der Waals surface area contributed by atoms with Crippen molar-refractivity contribution in [3.8, 4) is 28.7 Å². The molecule has 1 aromatic heterocycles. The van der Waals surface area contributed by atoms with Gasteiger partial charge in [-0.2, -0.15) is 0 Å². The second kappa shape index (κ2) is 15.9. The summed E-state index contributed by atoms with van der Waals surface area (Å²) < 4.78 is 23.9. The number of nitrogen functional groups attached to an aromatic ring is 1. The van der Waals surface area contributed by atoms with Gasteiger partial charge in [-0.15, -0.1) is 0 Å². The average Bonchev–Trinajstić information content (AvgIpc) is 3.80. The number of aliphatic hydroxyl groups excluding tert-OH is 2. The number of hydrogen-bond acceptors (Lipinski definition) is 12. The molecule has 296 valence electrons. The van der Waals surface area contributed by atoms with E-state index in [1.54, 1.807) is 30.5 Å². The number of phenolic OH excluding ortho intramolecular Hbond substituents is 2. The van der Waals surface area contributed by atoms with Crippen molar-refractivity contribution < 1.29 is 49.3 Å². The molecule has 3 heterocycles. The second-order valence-electron chi connectivity index (χ2n) is 15.8. The average molecular weight is 760 g/mol. The Kier molecular flexibility index (Phi) is 11.2. The van der Waals surface area contributed by atoms with Crippen LogP contribution in [0.1, 0.15) is 87.0 Å². The lowest BCUT2D eigenvalue weighted by Crippen LogP contribution is -2.68. The Bertz CT molecular complexity index is 1880. The molecule has 4 aliphatic rings. The molecule has 7 rings (SSSR count). The molecule has 2 aliphatic heterocycles. The molecule has 8 atom stereocenters. The van der Waals surface area contributed by atoms with Crippen LogP contribution in [-0.4, -0.2) is 81.3 Å². The molecule has 13 nitrogen and oxygen atoms in total. The number of aliphatic hydroxyl groups is 2. The fourth-order valence-electron chi connectivity index (χ4n) is 10.6. The molecule has 2 spiro atoms. The number of fused-ring (bicyclic) bond motifs is 1.